The van der Waals surface area contributed by atoms with Gasteiger partial charge in [0.15, 0.2) is 0 Å². The Hall–Kier alpha value is -2.34. The highest BCUT2D eigenvalue weighted by atomic mass is 16.6. The molecule has 1 N–H and O–H groups in total. The zero-order chi connectivity index (χ0) is 14.1. The molecule has 0 aromatic heterocycles. The van der Waals surface area contributed by atoms with Crippen LogP contribution >= 0.6 is 0 Å². The molecule has 102 valence electrons. The molecule has 6 nitrogen and oxygen atoms in total. The molecule has 0 amide bonds. The van der Waals surface area contributed by atoms with E-state index >= 15 is 0 Å². The van der Waals surface area contributed by atoms with Crippen molar-refractivity contribution in [3.05, 3.63) is 48.2 Å². The highest BCUT2D eigenvalue weighted by Gasteiger charge is 2.17. The molecular weight excluding hydrogens is 248 g/mol. The first-order valence-electron chi connectivity index (χ1n) is 5.49. The van der Waals surface area contributed by atoms with E-state index in [2.05, 4.69) is 26.8 Å². The molecule has 1 aromatic rings. The van der Waals surface area contributed by atoms with E-state index in [4.69, 9.17) is 4.84 Å². The van der Waals surface area contributed by atoms with Crippen LogP contribution in [0.1, 0.15) is 5.56 Å². The van der Waals surface area contributed by atoms with Gasteiger partial charge in [0.25, 0.3) is 0 Å². The number of rotatable bonds is 7. The van der Waals surface area contributed by atoms with Gasteiger partial charge < -0.3 is 9.57 Å². The lowest BCUT2D eigenvalue weighted by atomic mass is 10.2. The van der Waals surface area contributed by atoms with Gasteiger partial charge in [0.05, 0.1) is 19.9 Å². The average Bonchev–Trinajstić information content (AvgIpc) is 2.44. The second kappa shape index (κ2) is 7.88. The number of hydrogen-bond donors (Lipinski definition) is 1. The van der Waals surface area contributed by atoms with Crippen molar-refractivity contribution >= 4 is 11.7 Å². The van der Waals surface area contributed by atoms with Crippen molar-refractivity contribution < 1.29 is 19.2 Å². The minimum Gasteiger partial charge on any atom is -0.464 e. The Morgan fingerprint density at radius 2 is 2.00 bits per heavy atom. The molecule has 0 aliphatic carbocycles. The van der Waals surface area contributed by atoms with Gasteiger partial charge in [-0.2, -0.15) is 0 Å². The molecule has 0 saturated carbocycles. The van der Waals surface area contributed by atoms with Crippen molar-refractivity contribution in [2.24, 2.45) is 5.16 Å². The molecule has 0 fully saturated rings. The van der Waals surface area contributed by atoms with Crippen LogP contribution in [0.2, 0.25) is 0 Å². The first-order valence-corrected chi connectivity index (χ1v) is 5.49. The molecule has 0 aliphatic heterocycles. The molecular formula is C13H16N2O4. The van der Waals surface area contributed by atoms with E-state index in [1.54, 1.807) is 0 Å². The topological polar surface area (TPSA) is 69.1 Å². The van der Waals surface area contributed by atoms with Gasteiger partial charge in [0.1, 0.15) is 6.61 Å². The zero-order valence-electron chi connectivity index (χ0n) is 10.9. The fourth-order valence-corrected chi connectivity index (χ4v) is 1.23. The highest BCUT2D eigenvalue weighted by molar-refractivity contribution is 6.42. The van der Waals surface area contributed by atoms with E-state index in [0.717, 1.165) is 5.56 Å². The fraction of sp³-hybridized carbons (Fsp3) is 0.231. The van der Waals surface area contributed by atoms with Gasteiger partial charge in [0, 0.05) is 0 Å². The highest BCUT2D eigenvalue weighted by Crippen LogP contribution is 2.02. The lowest BCUT2D eigenvalue weighted by molar-refractivity contribution is -0.133. The van der Waals surface area contributed by atoms with Gasteiger partial charge in [-0.05, 0) is 5.56 Å². The Morgan fingerprint density at radius 1 is 1.32 bits per heavy atom. The molecule has 6 heteroatoms. The number of oxime groups is 1. The Morgan fingerprint density at radius 3 is 2.58 bits per heavy atom. The van der Waals surface area contributed by atoms with E-state index in [-0.39, 0.29) is 18.0 Å². The number of ether oxygens (including phenoxy) is 1. The normalized spacial score (nSPS) is 10.7. The van der Waals surface area contributed by atoms with Gasteiger partial charge >= 0.3 is 5.97 Å². The van der Waals surface area contributed by atoms with Crippen LogP contribution in [0.5, 0.6) is 0 Å². The maximum absolute atomic E-state index is 11.5. The summed E-state index contributed by atoms with van der Waals surface area (Å²) in [5.74, 6) is -0.664. The van der Waals surface area contributed by atoms with Crippen molar-refractivity contribution in [3.8, 4) is 0 Å². The molecule has 0 unspecified atom stereocenters. The summed E-state index contributed by atoms with van der Waals surface area (Å²) in [6, 6.07) is 9.44. The van der Waals surface area contributed by atoms with E-state index in [0.29, 0.717) is 0 Å². The van der Waals surface area contributed by atoms with Crippen LogP contribution in [0.25, 0.3) is 0 Å². The van der Waals surface area contributed by atoms with Gasteiger partial charge in [-0.15, -0.1) is 0 Å². The lowest BCUT2D eigenvalue weighted by Gasteiger charge is -2.08. The SMILES string of the molecule is C=C(NOC)C(=NOCc1ccccc1)C(=O)OC. The van der Waals surface area contributed by atoms with E-state index in [1.165, 1.54) is 14.2 Å². The van der Waals surface area contributed by atoms with Crippen LogP contribution in [-0.2, 0) is 25.8 Å². The molecule has 19 heavy (non-hydrogen) atoms. The number of hydroxylamine groups is 1. The Bertz CT molecular complexity index is 457. The molecule has 0 bridgehead atoms. The Kier molecular flexibility index (Phi) is 6.11. The molecule has 0 spiro atoms. The van der Waals surface area contributed by atoms with Gasteiger partial charge in [-0.1, -0.05) is 42.1 Å². The van der Waals surface area contributed by atoms with E-state index in [1.807, 2.05) is 30.3 Å². The summed E-state index contributed by atoms with van der Waals surface area (Å²) in [5.41, 5.74) is 3.41. The maximum Gasteiger partial charge on any atom is 0.362 e. The molecule has 0 heterocycles. The third kappa shape index (κ3) is 4.81. The standard InChI is InChI=1S/C13H16N2O4/c1-10(14-18-3)12(13(16)17-2)15-19-9-11-7-5-4-6-8-11/h4-8,14H,1,9H2,2-3H3. The van der Waals surface area contributed by atoms with Crippen molar-refractivity contribution in [3.63, 3.8) is 0 Å². The third-order valence-electron chi connectivity index (χ3n) is 2.12. The summed E-state index contributed by atoms with van der Waals surface area (Å²) in [6.07, 6.45) is 0. The number of esters is 1. The van der Waals surface area contributed by atoms with Crippen LogP contribution in [0.15, 0.2) is 47.8 Å². The zero-order valence-corrected chi connectivity index (χ0v) is 10.9. The van der Waals surface area contributed by atoms with Crippen LogP contribution < -0.4 is 5.48 Å². The van der Waals surface area contributed by atoms with Crippen LogP contribution in [0.3, 0.4) is 0 Å². The minimum absolute atomic E-state index is 0.0831. The second-order valence-corrected chi connectivity index (χ2v) is 3.48. The summed E-state index contributed by atoms with van der Waals surface area (Å²) >= 11 is 0. The quantitative estimate of drug-likeness (QED) is 0.458. The summed E-state index contributed by atoms with van der Waals surface area (Å²) in [6.45, 7) is 3.83. The monoisotopic (exact) mass is 264 g/mol. The fourth-order valence-electron chi connectivity index (χ4n) is 1.23. The van der Waals surface area contributed by atoms with Gasteiger partial charge in [-0.3, -0.25) is 10.3 Å². The first kappa shape index (κ1) is 14.7. The van der Waals surface area contributed by atoms with E-state index in [9.17, 15) is 4.79 Å². The Labute approximate surface area is 111 Å². The number of methoxy groups -OCH3 is 1. The largest absolute Gasteiger partial charge is 0.464 e. The average molecular weight is 264 g/mol. The smallest absolute Gasteiger partial charge is 0.362 e. The summed E-state index contributed by atoms with van der Waals surface area (Å²) in [5, 5.41) is 3.71. The number of hydrogen-bond acceptors (Lipinski definition) is 6. The van der Waals surface area contributed by atoms with Crippen molar-refractivity contribution in [2.45, 2.75) is 6.61 Å². The molecule has 0 saturated heterocycles. The van der Waals surface area contributed by atoms with Gasteiger partial charge in [0.2, 0.25) is 5.71 Å². The Balaban J connectivity index is 2.67. The van der Waals surface area contributed by atoms with Crippen LogP contribution in [0, 0.1) is 0 Å². The second-order valence-electron chi connectivity index (χ2n) is 3.48. The predicted molar refractivity (Wildman–Crippen MR) is 70.0 cm³/mol. The molecule has 0 radical (unpaired) electrons. The van der Waals surface area contributed by atoms with Crippen molar-refractivity contribution in [1.82, 2.24) is 5.48 Å². The summed E-state index contributed by atoms with van der Waals surface area (Å²) in [7, 11) is 2.64. The van der Waals surface area contributed by atoms with Crippen molar-refractivity contribution in [2.75, 3.05) is 14.2 Å². The maximum atomic E-state index is 11.5. The predicted octanol–water partition coefficient (Wildman–Crippen LogP) is 1.40. The molecule has 1 aromatic carbocycles. The number of carbonyl (C=O) groups excluding carboxylic acids is 1. The first-order chi connectivity index (χ1) is 9.19. The molecule has 1 rings (SSSR count). The summed E-state index contributed by atoms with van der Waals surface area (Å²) < 4.78 is 4.58. The number of nitrogens with zero attached hydrogens (tertiary/aromatic N) is 1. The number of benzene rings is 1. The van der Waals surface area contributed by atoms with Gasteiger partial charge in [-0.25, -0.2) is 4.79 Å². The van der Waals surface area contributed by atoms with E-state index < -0.39 is 5.97 Å². The third-order valence-corrected chi connectivity index (χ3v) is 2.12. The van der Waals surface area contributed by atoms with Crippen LogP contribution in [-0.4, -0.2) is 25.9 Å². The van der Waals surface area contributed by atoms with Crippen molar-refractivity contribution in [1.29, 1.82) is 0 Å². The lowest BCUT2D eigenvalue weighted by Crippen LogP contribution is -2.26. The number of nitrogens with one attached hydrogen (secondary N) is 1. The molecule has 0 atom stereocenters. The minimum atomic E-state index is -0.664. The molecule has 0 aliphatic rings. The van der Waals surface area contributed by atoms with Crippen LogP contribution in [0.4, 0.5) is 0 Å². The number of carbonyl (C=O) groups is 1. The summed E-state index contributed by atoms with van der Waals surface area (Å²) in [4.78, 5) is 21.2.